The third-order valence-electron chi connectivity index (χ3n) is 5.00. The Morgan fingerprint density at radius 2 is 0.606 bits per heavy atom. The molecule has 0 saturated heterocycles. The van der Waals surface area contributed by atoms with Crippen molar-refractivity contribution in [2.45, 2.75) is 11.8 Å². The van der Waals surface area contributed by atoms with E-state index < -0.39 is 23.8 Å². The zero-order valence-corrected chi connectivity index (χ0v) is 20.3. The Morgan fingerprint density at radius 3 is 0.758 bits per heavy atom. The van der Waals surface area contributed by atoms with Crippen LogP contribution in [-0.4, -0.2) is 49.7 Å². The van der Waals surface area contributed by atoms with E-state index in [0.29, 0.717) is 0 Å². The summed E-state index contributed by atoms with van der Waals surface area (Å²) >= 11 is 0. The van der Waals surface area contributed by atoms with Gasteiger partial charge in [-0.05, 0) is 22.3 Å². The van der Waals surface area contributed by atoms with Crippen molar-refractivity contribution in [1.82, 2.24) is 0 Å². The summed E-state index contributed by atoms with van der Waals surface area (Å²) in [5.74, 6) is -3.53. The van der Waals surface area contributed by atoms with Gasteiger partial charge in [-0.2, -0.15) is 0 Å². The molecule has 0 aliphatic heterocycles. The van der Waals surface area contributed by atoms with E-state index in [-0.39, 0.29) is 37.7 Å². The van der Waals surface area contributed by atoms with Crippen molar-refractivity contribution in [2.75, 3.05) is 0 Å². The molecule has 0 unspecified atom stereocenters. The summed E-state index contributed by atoms with van der Waals surface area (Å²) in [5, 5.41) is 22.4. The molecule has 160 valence electrons. The molecule has 0 saturated carbocycles. The first kappa shape index (κ1) is 26.3. The van der Waals surface area contributed by atoms with Gasteiger partial charge < -0.3 is 19.8 Å². The molecule has 0 heterocycles. The first-order valence-corrected chi connectivity index (χ1v) is 10.2. The van der Waals surface area contributed by atoms with Crippen molar-refractivity contribution < 1.29 is 19.8 Å². The predicted octanol–water partition coefficient (Wildman–Crippen LogP) is 2.76. The number of carbonyl (C=O) groups excluding carboxylic acids is 2. The molecule has 4 rings (SSSR count). The molecule has 0 atom stereocenters. The van der Waals surface area contributed by atoms with Crippen LogP contribution in [0.15, 0.2) is 121 Å². The smallest absolute Gasteiger partial charge is 0.549 e. The van der Waals surface area contributed by atoms with Crippen LogP contribution >= 0.6 is 0 Å². The molecule has 0 N–H and O–H groups in total. The minimum atomic E-state index is -1.07. The van der Waals surface area contributed by atoms with Crippen LogP contribution in [0.25, 0.3) is 0 Å². The average Bonchev–Trinajstić information content (AvgIpc) is 2.82. The standard InChI is InChI=1S/2C14H12O2.Ca/c2*15-14(16)13(11-7-3-1-4-8-11)12-9-5-2-6-10-12;/h2*1-10,13H,(H,15,16);/q;;+2/p-2. The van der Waals surface area contributed by atoms with Crippen LogP contribution in [0.3, 0.4) is 0 Å². The summed E-state index contributed by atoms with van der Waals surface area (Å²) in [6.45, 7) is 0. The third kappa shape index (κ3) is 7.57. The molecule has 0 aliphatic carbocycles. The second-order valence-electron chi connectivity index (χ2n) is 7.15. The second-order valence-corrected chi connectivity index (χ2v) is 7.15. The van der Waals surface area contributed by atoms with E-state index in [0.717, 1.165) is 22.3 Å². The summed E-state index contributed by atoms with van der Waals surface area (Å²) in [7, 11) is 0. The SMILES string of the molecule is O=C([O-])C(c1ccccc1)c1ccccc1.O=C([O-])C(c1ccccc1)c1ccccc1.[Ca+2]. The van der Waals surface area contributed by atoms with Crippen LogP contribution in [0.4, 0.5) is 0 Å². The van der Waals surface area contributed by atoms with Crippen LogP contribution < -0.4 is 10.2 Å². The molecule has 0 spiro atoms. The second kappa shape index (κ2) is 13.6. The summed E-state index contributed by atoms with van der Waals surface area (Å²) in [6, 6.07) is 36.5. The number of carbonyl (C=O) groups is 2. The Hall–Kier alpha value is -2.92. The van der Waals surface area contributed by atoms with Crippen molar-refractivity contribution in [3.05, 3.63) is 144 Å². The summed E-state index contributed by atoms with van der Waals surface area (Å²) in [4.78, 5) is 22.4. The number of hydrogen-bond donors (Lipinski definition) is 0. The molecule has 33 heavy (non-hydrogen) atoms. The predicted molar refractivity (Wildman–Crippen MR) is 125 cm³/mol. The van der Waals surface area contributed by atoms with E-state index in [1.165, 1.54) is 0 Å². The minimum absolute atomic E-state index is 0. The van der Waals surface area contributed by atoms with Gasteiger partial charge in [0.1, 0.15) is 0 Å². The molecule has 0 fully saturated rings. The van der Waals surface area contributed by atoms with Crippen molar-refractivity contribution in [3.63, 3.8) is 0 Å². The van der Waals surface area contributed by atoms with Gasteiger partial charge in [-0.25, -0.2) is 0 Å². The first-order valence-electron chi connectivity index (χ1n) is 10.2. The molecule has 5 heteroatoms. The normalized spacial score (nSPS) is 10.0. The van der Waals surface area contributed by atoms with E-state index >= 15 is 0 Å². The molecular weight excluding hydrogens is 440 g/mol. The Kier molecular flexibility index (Phi) is 10.8. The summed E-state index contributed by atoms with van der Waals surface area (Å²) < 4.78 is 0. The number of hydrogen-bond acceptors (Lipinski definition) is 4. The quantitative estimate of drug-likeness (QED) is 0.413. The maximum absolute atomic E-state index is 11.2. The van der Waals surface area contributed by atoms with E-state index in [9.17, 15) is 19.8 Å². The number of carboxylic acids is 2. The fraction of sp³-hybridized carbons (Fsp3) is 0.0714. The monoisotopic (exact) mass is 462 g/mol. The van der Waals surface area contributed by atoms with Crippen molar-refractivity contribution >= 4 is 49.7 Å². The van der Waals surface area contributed by atoms with Gasteiger partial charge in [0.2, 0.25) is 0 Å². The topological polar surface area (TPSA) is 80.3 Å². The van der Waals surface area contributed by atoms with Crippen LogP contribution in [0.1, 0.15) is 34.1 Å². The van der Waals surface area contributed by atoms with Gasteiger partial charge in [0.15, 0.2) is 0 Å². The van der Waals surface area contributed by atoms with Crippen LogP contribution in [0.5, 0.6) is 0 Å². The van der Waals surface area contributed by atoms with Crippen molar-refractivity contribution in [3.8, 4) is 0 Å². The van der Waals surface area contributed by atoms with E-state index in [2.05, 4.69) is 0 Å². The number of benzene rings is 4. The van der Waals surface area contributed by atoms with Gasteiger partial charge in [0, 0.05) is 11.8 Å². The Balaban J connectivity index is 0.000000227. The molecule has 4 nitrogen and oxygen atoms in total. The largest absolute Gasteiger partial charge is 2.00 e. The molecule has 0 aromatic heterocycles. The van der Waals surface area contributed by atoms with Gasteiger partial charge in [-0.15, -0.1) is 0 Å². The maximum atomic E-state index is 11.2. The number of aliphatic carboxylic acids is 2. The fourth-order valence-electron chi connectivity index (χ4n) is 3.51. The number of carboxylic acid groups (broad SMARTS) is 2. The van der Waals surface area contributed by atoms with E-state index in [1.807, 2.05) is 72.8 Å². The molecular formula is C28H22CaO4. The molecule has 0 amide bonds. The number of rotatable bonds is 6. The molecule has 4 aromatic carbocycles. The van der Waals surface area contributed by atoms with Crippen LogP contribution in [0.2, 0.25) is 0 Å². The van der Waals surface area contributed by atoms with Crippen LogP contribution in [0, 0.1) is 0 Å². The molecule has 4 aromatic rings. The minimum Gasteiger partial charge on any atom is -0.549 e. The van der Waals surface area contributed by atoms with E-state index in [1.54, 1.807) is 48.5 Å². The third-order valence-corrected chi connectivity index (χ3v) is 5.00. The Bertz CT molecular complexity index is 946. The van der Waals surface area contributed by atoms with Crippen molar-refractivity contribution in [2.24, 2.45) is 0 Å². The summed E-state index contributed by atoms with van der Waals surface area (Å²) in [5.41, 5.74) is 2.98. The van der Waals surface area contributed by atoms with Crippen LogP contribution in [-0.2, 0) is 9.59 Å². The maximum Gasteiger partial charge on any atom is 2.00 e. The molecule has 0 aliphatic rings. The Labute approximate surface area is 223 Å². The fourth-order valence-corrected chi connectivity index (χ4v) is 3.51. The van der Waals surface area contributed by atoms with Gasteiger partial charge in [-0.1, -0.05) is 121 Å². The first-order chi connectivity index (χ1) is 15.6. The van der Waals surface area contributed by atoms with Crippen molar-refractivity contribution in [1.29, 1.82) is 0 Å². The summed E-state index contributed by atoms with van der Waals surface area (Å²) in [6.07, 6.45) is 0. The zero-order chi connectivity index (χ0) is 22.8. The Morgan fingerprint density at radius 1 is 0.424 bits per heavy atom. The van der Waals surface area contributed by atoms with Gasteiger partial charge in [0.25, 0.3) is 0 Å². The zero-order valence-electron chi connectivity index (χ0n) is 18.0. The molecule has 0 bridgehead atoms. The molecule has 0 radical (unpaired) electrons. The van der Waals surface area contributed by atoms with E-state index in [4.69, 9.17) is 0 Å². The van der Waals surface area contributed by atoms with Gasteiger partial charge >= 0.3 is 37.7 Å². The van der Waals surface area contributed by atoms with Gasteiger partial charge in [0.05, 0.1) is 11.9 Å². The van der Waals surface area contributed by atoms with Gasteiger partial charge in [-0.3, -0.25) is 0 Å². The average molecular weight is 463 g/mol.